The van der Waals surface area contributed by atoms with Gasteiger partial charge in [-0.05, 0) is 62.1 Å². The number of para-hydroxylation sites is 1. The van der Waals surface area contributed by atoms with Crippen LogP contribution in [0.2, 0.25) is 0 Å². The van der Waals surface area contributed by atoms with Crippen LogP contribution in [0.1, 0.15) is 46.4 Å². The van der Waals surface area contributed by atoms with Crippen LogP contribution >= 0.6 is 12.2 Å². The van der Waals surface area contributed by atoms with Gasteiger partial charge in [0.05, 0.1) is 13.2 Å². The minimum atomic E-state index is 0.619. The fraction of sp³-hybridized carbons (Fsp3) is 0.636. The van der Waals surface area contributed by atoms with E-state index >= 15 is 0 Å². The van der Waals surface area contributed by atoms with Gasteiger partial charge in [-0.3, -0.25) is 14.4 Å². The van der Waals surface area contributed by atoms with Crippen LogP contribution in [0.25, 0.3) is 5.69 Å². The normalized spacial score (nSPS) is 15.4. The summed E-state index contributed by atoms with van der Waals surface area (Å²) < 4.78 is 4.98. The summed E-state index contributed by atoms with van der Waals surface area (Å²) in [6, 6.07) is 10.4. The zero-order valence-corrected chi connectivity index (χ0v) is 18.7. The fourth-order valence-corrected chi connectivity index (χ4v) is 4.35. The van der Waals surface area contributed by atoms with Crippen molar-refractivity contribution in [3.63, 3.8) is 0 Å². The third kappa shape index (κ3) is 5.52. The van der Waals surface area contributed by atoms with E-state index in [2.05, 4.69) is 66.3 Å². The molecule has 0 bridgehead atoms. The minimum absolute atomic E-state index is 0.619. The Kier molecular flexibility index (Phi) is 7.43. The molecule has 1 fully saturated rings. The molecule has 0 unspecified atom stereocenters. The highest BCUT2D eigenvalue weighted by molar-refractivity contribution is 7.71. The lowest BCUT2D eigenvalue weighted by Gasteiger charge is -2.25. The molecule has 0 radical (unpaired) electrons. The Morgan fingerprint density at radius 3 is 2.18 bits per heavy atom. The number of likely N-dealkylation sites (tertiary alicyclic amines) is 1. The van der Waals surface area contributed by atoms with Crippen molar-refractivity contribution in [2.45, 2.75) is 53.8 Å². The molecule has 0 amide bonds. The maximum Gasteiger partial charge on any atom is 0.203 e. The lowest BCUT2D eigenvalue weighted by Crippen LogP contribution is -2.33. The summed E-state index contributed by atoms with van der Waals surface area (Å²) in [6.45, 7) is 15.1. The summed E-state index contributed by atoms with van der Waals surface area (Å²) in [5.74, 6) is 2.29. The van der Waals surface area contributed by atoms with Gasteiger partial charge in [0.15, 0.2) is 5.82 Å². The van der Waals surface area contributed by atoms with Gasteiger partial charge in [0.25, 0.3) is 0 Å². The number of aromatic nitrogens is 3. The maximum absolute atomic E-state index is 5.90. The second kappa shape index (κ2) is 9.81. The molecule has 3 rings (SSSR count). The van der Waals surface area contributed by atoms with Crippen LogP contribution in [-0.2, 0) is 13.2 Å². The van der Waals surface area contributed by atoms with Gasteiger partial charge in [0, 0.05) is 18.8 Å². The van der Waals surface area contributed by atoms with Crippen LogP contribution in [0, 0.1) is 16.6 Å². The third-order valence-corrected chi connectivity index (χ3v) is 5.46. The van der Waals surface area contributed by atoms with E-state index in [0.29, 0.717) is 11.8 Å². The SMILES string of the molecule is CC(C)CN(CC(C)C)Cn1nc(CN2CCCC2)n(-c2ccccc2)c1=S. The predicted octanol–water partition coefficient (Wildman–Crippen LogP) is 4.57. The van der Waals surface area contributed by atoms with Crippen molar-refractivity contribution in [1.29, 1.82) is 0 Å². The van der Waals surface area contributed by atoms with Crippen molar-refractivity contribution in [3.8, 4) is 5.69 Å². The van der Waals surface area contributed by atoms with E-state index in [9.17, 15) is 0 Å². The highest BCUT2D eigenvalue weighted by atomic mass is 32.1. The summed E-state index contributed by atoms with van der Waals surface area (Å²) in [5, 5.41) is 5.00. The largest absolute Gasteiger partial charge is 0.296 e. The molecule has 1 saturated heterocycles. The maximum atomic E-state index is 5.90. The summed E-state index contributed by atoms with van der Waals surface area (Å²) in [7, 11) is 0. The second-order valence-corrected chi connectivity index (χ2v) is 9.18. The Morgan fingerprint density at radius 2 is 1.61 bits per heavy atom. The van der Waals surface area contributed by atoms with E-state index < -0.39 is 0 Å². The molecule has 1 aliphatic heterocycles. The molecule has 1 aliphatic rings. The van der Waals surface area contributed by atoms with Gasteiger partial charge in [0.2, 0.25) is 4.77 Å². The standard InChI is InChI=1S/C22H35N5S/c1-18(2)14-25(15-19(3)4)17-26-22(28)27(20-10-6-5-7-11-20)21(23-26)16-24-12-8-9-13-24/h5-7,10-11,18-19H,8-9,12-17H2,1-4H3. The van der Waals surface area contributed by atoms with Crippen molar-refractivity contribution in [2.24, 2.45) is 11.8 Å². The van der Waals surface area contributed by atoms with E-state index in [4.69, 9.17) is 17.3 Å². The van der Waals surface area contributed by atoms with Crippen molar-refractivity contribution in [1.82, 2.24) is 24.1 Å². The van der Waals surface area contributed by atoms with Crippen LogP contribution in [-0.4, -0.2) is 50.3 Å². The molecule has 1 aromatic carbocycles. The van der Waals surface area contributed by atoms with Crippen molar-refractivity contribution < 1.29 is 0 Å². The molecule has 1 aromatic heterocycles. The fourth-order valence-electron chi connectivity index (χ4n) is 4.04. The molecule has 28 heavy (non-hydrogen) atoms. The summed E-state index contributed by atoms with van der Waals surface area (Å²) >= 11 is 5.90. The Hall–Kier alpha value is -1.50. The zero-order valence-electron chi connectivity index (χ0n) is 17.8. The molecule has 2 aromatic rings. The van der Waals surface area contributed by atoms with E-state index in [1.54, 1.807) is 0 Å². The minimum Gasteiger partial charge on any atom is -0.296 e. The van der Waals surface area contributed by atoms with Gasteiger partial charge in [-0.1, -0.05) is 45.9 Å². The number of rotatable bonds is 9. The molecule has 154 valence electrons. The number of hydrogen-bond acceptors (Lipinski definition) is 4. The first kappa shape index (κ1) is 21.2. The average Bonchev–Trinajstić information content (AvgIpc) is 3.23. The quantitative estimate of drug-likeness (QED) is 0.576. The van der Waals surface area contributed by atoms with Gasteiger partial charge in [0.1, 0.15) is 0 Å². The molecule has 0 aliphatic carbocycles. The summed E-state index contributed by atoms with van der Waals surface area (Å²) in [6.07, 6.45) is 2.56. The first-order valence-electron chi connectivity index (χ1n) is 10.6. The van der Waals surface area contributed by atoms with Crippen LogP contribution in [0.5, 0.6) is 0 Å². The molecule has 0 saturated carbocycles. The topological polar surface area (TPSA) is 29.2 Å². The molecule has 2 heterocycles. The summed E-state index contributed by atoms with van der Waals surface area (Å²) in [5.41, 5.74) is 1.10. The van der Waals surface area contributed by atoms with Crippen molar-refractivity contribution in [3.05, 3.63) is 40.9 Å². The van der Waals surface area contributed by atoms with E-state index in [0.717, 1.165) is 55.7 Å². The Bertz CT molecular complexity index is 777. The summed E-state index contributed by atoms with van der Waals surface area (Å²) in [4.78, 5) is 4.97. The molecular weight excluding hydrogens is 366 g/mol. The number of nitrogens with zero attached hydrogens (tertiary/aromatic N) is 5. The van der Waals surface area contributed by atoms with Gasteiger partial charge in [-0.25, -0.2) is 4.68 Å². The lowest BCUT2D eigenvalue weighted by atomic mass is 10.1. The first-order valence-corrected chi connectivity index (χ1v) is 11.0. The average molecular weight is 402 g/mol. The van der Waals surface area contributed by atoms with Gasteiger partial charge < -0.3 is 0 Å². The van der Waals surface area contributed by atoms with E-state index in [1.165, 1.54) is 12.8 Å². The highest BCUT2D eigenvalue weighted by Crippen LogP contribution is 2.17. The lowest BCUT2D eigenvalue weighted by molar-refractivity contribution is 0.164. The molecule has 5 nitrogen and oxygen atoms in total. The second-order valence-electron chi connectivity index (χ2n) is 8.82. The van der Waals surface area contributed by atoms with Gasteiger partial charge in [-0.2, -0.15) is 5.10 Å². The van der Waals surface area contributed by atoms with Crippen LogP contribution in [0.3, 0.4) is 0 Å². The van der Waals surface area contributed by atoms with E-state index in [-0.39, 0.29) is 0 Å². The Labute approximate surface area is 175 Å². The molecule has 0 N–H and O–H groups in total. The predicted molar refractivity (Wildman–Crippen MR) is 118 cm³/mol. The van der Waals surface area contributed by atoms with Gasteiger partial charge in [-0.15, -0.1) is 0 Å². The third-order valence-electron chi connectivity index (χ3n) is 5.07. The molecule has 6 heteroatoms. The highest BCUT2D eigenvalue weighted by Gasteiger charge is 2.20. The number of hydrogen-bond donors (Lipinski definition) is 0. The number of benzene rings is 1. The Morgan fingerprint density at radius 1 is 1.00 bits per heavy atom. The van der Waals surface area contributed by atoms with Gasteiger partial charge >= 0.3 is 0 Å². The molecular formula is C22H35N5S. The molecule has 0 atom stereocenters. The molecule has 0 spiro atoms. The van der Waals surface area contributed by atoms with E-state index in [1.807, 2.05) is 10.7 Å². The first-order chi connectivity index (χ1) is 13.4. The Balaban J connectivity index is 1.92. The van der Waals surface area contributed by atoms with Crippen LogP contribution in [0.15, 0.2) is 30.3 Å². The van der Waals surface area contributed by atoms with Crippen LogP contribution in [0.4, 0.5) is 0 Å². The zero-order chi connectivity index (χ0) is 20.1. The monoisotopic (exact) mass is 401 g/mol. The smallest absolute Gasteiger partial charge is 0.203 e. The van der Waals surface area contributed by atoms with Crippen molar-refractivity contribution >= 4 is 12.2 Å². The van der Waals surface area contributed by atoms with Crippen molar-refractivity contribution in [2.75, 3.05) is 26.2 Å². The van der Waals surface area contributed by atoms with Crippen LogP contribution < -0.4 is 0 Å².